The number of aromatic nitrogens is 1. The van der Waals surface area contributed by atoms with E-state index in [4.69, 9.17) is 4.74 Å². The fraction of sp³-hybridized carbons (Fsp3) is 0.429. The molecule has 1 spiro atoms. The molecule has 1 aromatic carbocycles. The molecule has 0 radical (unpaired) electrons. The van der Waals surface area contributed by atoms with Gasteiger partial charge in [-0.3, -0.25) is 9.78 Å². The quantitative estimate of drug-likeness (QED) is 0.923. The third-order valence-electron chi connectivity index (χ3n) is 5.44. The Bertz CT molecular complexity index is 739. The highest BCUT2D eigenvalue weighted by Gasteiger charge is 2.40. The molecule has 1 N–H and O–H groups in total. The van der Waals surface area contributed by atoms with Crippen LogP contribution in [0.4, 0.5) is 0 Å². The van der Waals surface area contributed by atoms with Gasteiger partial charge in [0.15, 0.2) is 0 Å². The van der Waals surface area contributed by atoms with Crippen molar-refractivity contribution >= 4 is 5.91 Å². The lowest BCUT2D eigenvalue weighted by Gasteiger charge is -2.38. The number of pyridine rings is 1. The van der Waals surface area contributed by atoms with Crippen LogP contribution < -0.4 is 5.32 Å². The SMILES string of the molecule is O=C(NC1CCOC2(CCCC2)C1)c1cc(-c2ccccc2)ccn1. The minimum absolute atomic E-state index is 0.00944. The zero-order valence-corrected chi connectivity index (χ0v) is 14.4. The highest BCUT2D eigenvalue weighted by molar-refractivity contribution is 5.93. The molecule has 2 aliphatic rings. The molecule has 25 heavy (non-hydrogen) atoms. The van der Waals surface area contributed by atoms with Gasteiger partial charge in [-0.25, -0.2) is 0 Å². The second-order valence-electron chi connectivity index (χ2n) is 7.20. The Morgan fingerprint density at radius 2 is 1.92 bits per heavy atom. The Balaban J connectivity index is 1.46. The lowest BCUT2D eigenvalue weighted by molar-refractivity contribution is -0.0823. The highest BCUT2D eigenvalue weighted by atomic mass is 16.5. The molecule has 4 nitrogen and oxygen atoms in total. The molecule has 1 saturated heterocycles. The van der Waals surface area contributed by atoms with Crippen LogP contribution in [0, 0.1) is 0 Å². The summed E-state index contributed by atoms with van der Waals surface area (Å²) in [6.07, 6.45) is 8.24. The molecule has 2 fully saturated rings. The van der Waals surface area contributed by atoms with Gasteiger partial charge in [0.25, 0.3) is 5.91 Å². The second kappa shape index (κ2) is 6.96. The lowest BCUT2D eigenvalue weighted by atomic mass is 9.89. The number of benzene rings is 1. The van der Waals surface area contributed by atoms with E-state index in [0.29, 0.717) is 5.69 Å². The predicted molar refractivity (Wildman–Crippen MR) is 97.3 cm³/mol. The molecule has 4 heteroatoms. The van der Waals surface area contributed by atoms with Crippen molar-refractivity contribution in [1.29, 1.82) is 0 Å². The minimum atomic E-state index is -0.0853. The molecule has 2 heterocycles. The normalized spacial score (nSPS) is 22.0. The molecular formula is C21H24N2O2. The summed E-state index contributed by atoms with van der Waals surface area (Å²) < 4.78 is 6.05. The van der Waals surface area contributed by atoms with Gasteiger partial charge in [0.05, 0.1) is 5.60 Å². The maximum absolute atomic E-state index is 12.7. The summed E-state index contributed by atoms with van der Waals surface area (Å²) in [6.45, 7) is 0.739. The molecule has 4 rings (SSSR count). The van der Waals surface area contributed by atoms with Crippen LogP contribution in [-0.4, -0.2) is 29.1 Å². The maximum atomic E-state index is 12.7. The van der Waals surface area contributed by atoms with Crippen LogP contribution in [0.15, 0.2) is 48.7 Å². The topological polar surface area (TPSA) is 51.2 Å². The van der Waals surface area contributed by atoms with Crippen LogP contribution >= 0.6 is 0 Å². The molecule has 1 aliphatic carbocycles. The standard InChI is InChI=1S/C21H24N2O2/c24-20(23-18-9-13-25-21(15-18)10-4-5-11-21)19-14-17(8-12-22-19)16-6-2-1-3-7-16/h1-3,6-8,12,14,18H,4-5,9-11,13,15H2,(H,23,24). The molecule has 2 aromatic rings. The van der Waals surface area contributed by atoms with E-state index in [1.165, 1.54) is 12.8 Å². The summed E-state index contributed by atoms with van der Waals surface area (Å²) in [7, 11) is 0. The third kappa shape index (κ3) is 3.59. The summed E-state index contributed by atoms with van der Waals surface area (Å²) in [5.74, 6) is -0.0853. The minimum Gasteiger partial charge on any atom is -0.375 e. The van der Waals surface area contributed by atoms with E-state index in [0.717, 1.165) is 43.4 Å². The zero-order valence-electron chi connectivity index (χ0n) is 14.4. The van der Waals surface area contributed by atoms with Crippen LogP contribution in [0.2, 0.25) is 0 Å². The number of amides is 1. The van der Waals surface area contributed by atoms with Crippen molar-refractivity contribution in [3.8, 4) is 11.1 Å². The molecule has 1 amide bonds. The highest BCUT2D eigenvalue weighted by Crippen LogP contribution is 2.40. The van der Waals surface area contributed by atoms with Crippen molar-refractivity contribution in [3.05, 3.63) is 54.4 Å². The first kappa shape index (κ1) is 16.3. The van der Waals surface area contributed by atoms with Crippen molar-refractivity contribution in [2.75, 3.05) is 6.61 Å². The van der Waals surface area contributed by atoms with E-state index in [1.54, 1.807) is 6.20 Å². The van der Waals surface area contributed by atoms with E-state index in [-0.39, 0.29) is 17.6 Å². The van der Waals surface area contributed by atoms with Gasteiger partial charge < -0.3 is 10.1 Å². The lowest BCUT2D eigenvalue weighted by Crippen LogP contribution is -2.47. The number of rotatable bonds is 3. The third-order valence-corrected chi connectivity index (χ3v) is 5.44. The van der Waals surface area contributed by atoms with Gasteiger partial charge in [0.2, 0.25) is 0 Å². The molecule has 1 aromatic heterocycles. The predicted octanol–water partition coefficient (Wildman–Crippen LogP) is 3.97. The van der Waals surface area contributed by atoms with Crippen LogP contribution in [0.3, 0.4) is 0 Å². The first-order chi connectivity index (χ1) is 12.2. The summed E-state index contributed by atoms with van der Waals surface area (Å²) in [4.78, 5) is 17.0. The van der Waals surface area contributed by atoms with Gasteiger partial charge in [0.1, 0.15) is 5.69 Å². The summed E-state index contributed by atoms with van der Waals surface area (Å²) in [5, 5.41) is 3.18. The largest absolute Gasteiger partial charge is 0.375 e. The number of carbonyl (C=O) groups is 1. The Kier molecular flexibility index (Phi) is 4.53. The zero-order chi connectivity index (χ0) is 17.1. The molecule has 1 aliphatic heterocycles. The van der Waals surface area contributed by atoms with E-state index >= 15 is 0 Å². The molecule has 0 bridgehead atoms. The first-order valence-electron chi connectivity index (χ1n) is 9.20. The number of nitrogens with one attached hydrogen (secondary N) is 1. The molecule has 130 valence electrons. The van der Waals surface area contributed by atoms with Gasteiger partial charge in [-0.15, -0.1) is 0 Å². The van der Waals surface area contributed by atoms with Gasteiger partial charge in [0, 0.05) is 18.8 Å². The van der Waals surface area contributed by atoms with Gasteiger partial charge in [-0.2, -0.15) is 0 Å². The van der Waals surface area contributed by atoms with Crippen molar-refractivity contribution in [2.45, 2.75) is 50.2 Å². The van der Waals surface area contributed by atoms with E-state index in [9.17, 15) is 4.79 Å². The number of hydrogen-bond donors (Lipinski definition) is 1. The van der Waals surface area contributed by atoms with Gasteiger partial charge in [-0.1, -0.05) is 43.2 Å². The second-order valence-corrected chi connectivity index (χ2v) is 7.20. The van der Waals surface area contributed by atoms with Crippen LogP contribution in [-0.2, 0) is 4.74 Å². The van der Waals surface area contributed by atoms with Crippen molar-refractivity contribution < 1.29 is 9.53 Å². The maximum Gasteiger partial charge on any atom is 0.270 e. The van der Waals surface area contributed by atoms with Crippen molar-refractivity contribution in [3.63, 3.8) is 0 Å². The van der Waals surface area contributed by atoms with E-state index in [1.807, 2.05) is 42.5 Å². The van der Waals surface area contributed by atoms with Crippen LogP contribution in [0.1, 0.15) is 49.0 Å². The number of ether oxygens (including phenoxy) is 1. The summed E-state index contributed by atoms with van der Waals surface area (Å²) in [5.41, 5.74) is 2.60. The van der Waals surface area contributed by atoms with Gasteiger partial charge >= 0.3 is 0 Å². The first-order valence-corrected chi connectivity index (χ1v) is 9.20. The Morgan fingerprint density at radius 1 is 1.12 bits per heavy atom. The van der Waals surface area contributed by atoms with Crippen LogP contribution in [0.5, 0.6) is 0 Å². The van der Waals surface area contributed by atoms with E-state index in [2.05, 4.69) is 10.3 Å². The Labute approximate surface area is 148 Å². The smallest absolute Gasteiger partial charge is 0.270 e. The number of hydrogen-bond acceptors (Lipinski definition) is 3. The number of nitrogens with zero attached hydrogens (tertiary/aromatic N) is 1. The Morgan fingerprint density at radius 3 is 2.72 bits per heavy atom. The molecule has 1 atom stereocenters. The monoisotopic (exact) mass is 336 g/mol. The van der Waals surface area contributed by atoms with Gasteiger partial charge in [-0.05, 0) is 48.9 Å². The average Bonchev–Trinajstić information content (AvgIpc) is 3.10. The molecule has 1 unspecified atom stereocenters. The summed E-state index contributed by atoms with van der Waals surface area (Å²) >= 11 is 0. The van der Waals surface area contributed by atoms with Crippen molar-refractivity contribution in [2.24, 2.45) is 0 Å². The van der Waals surface area contributed by atoms with Crippen LogP contribution in [0.25, 0.3) is 11.1 Å². The van der Waals surface area contributed by atoms with Crippen molar-refractivity contribution in [1.82, 2.24) is 10.3 Å². The Hall–Kier alpha value is -2.20. The van der Waals surface area contributed by atoms with E-state index < -0.39 is 0 Å². The summed E-state index contributed by atoms with van der Waals surface area (Å²) in [6, 6.07) is 14.1. The number of carbonyl (C=O) groups excluding carboxylic acids is 1. The fourth-order valence-corrected chi connectivity index (χ4v) is 4.14. The molecular weight excluding hydrogens is 312 g/mol. The average molecular weight is 336 g/mol. The molecule has 1 saturated carbocycles. The fourth-order valence-electron chi connectivity index (χ4n) is 4.14.